The van der Waals surface area contributed by atoms with Crippen molar-refractivity contribution in [1.82, 2.24) is 35.1 Å². The Bertz CT molecular complexity index is 2490. The molecular weight excluding hydrogens is 803 g/mol. The SMILES string of the molecule is Cc1cc(CSc2ccccc2C(=O)N2CCN(c3ccccn3)CC2)on1.Cc1cc(CSc2ccccc2C(=O)N2CCN(c3ncnc4sccc34)CC2)on1. The number of benzene rings is 2. The molecule has 0 unspecified atom stereocenters. The number of fused-ring (bicyclic) bond motifs is 1. The van der Waals surface area contributed by atoms with Crippen molar-refractivity contribution in [2.75, 3.05) is 62.2 Å². The van der Waals surface area contributed by atoms with Gasteiger partial charge in [-0.1, -0.05) is 40.6 Å². The fourth-order valence-electron chi connectivity index (χ4n) is 6.98. The number of hydrogen-bond donors (Lipinski definition) is 0. The van der Waals surface area contributed by atoms with Gasteiger partial charge in [0, 0.05) is 80.5 Å². The van der Waals surface area contributed by atoms with Gasteiger partial charge in [0.05, 0.1) is 39.4 Å². The fourth-order valence-corrected chi connectivity index (χ4v) is 9.54. The molecule has 13 nitrogen and oxygen atoms in total. The number of aromatic nitrogens is 5. The zero-order chi connectivity index (χ0) is 40.6. The molecule has 16 heteroatoms. The average Bonchev–Trinajstić information content (AvgIpc) is 4.06. The van der Waals surface area contributed by atoms with Crippen molar-refractivity contribution < 1.29 is 18.6 Å². The number of pyridine rings is 1. The Labute approximate surface area is 354 Å². The third kappa shape index (κ3) is 9.78. The van der Waals surface area contributed by atoms with Gasteiger partial charge in [-0.05, 0) is 61.7 Å². The van der Waals surface area contributed by atoms with Crippen LogP contribution in [0.25, 0.3) is 10.2 Å². The molecule has 0 atom stereocenters. The number of thioether (sulfide) groups is 2. The molecule has 0 aliphatic carbocycles. The first-order valence-corrected chi connectivity index (χ1v) is 22.2. The number of carbonyl (C=O) groups excluding carboxylic acids is 2. The molecule has 2 aromatic carbocycles. The maximum atomic E-state index is 13.3. The van der Waals surface area contributed by atoms with Gasteiger partial charge < -0.3 is 28.6 Å². The summed E-state index contributed by atoms with van der Waals surface area (Å²) in [6.45, 7) is 9.58. The molecule has 5 aromatic heterocycles. The molecule has 2 amide bonds. The van der Waals surface area contributed by atoms with Crippen molar-refractivity contribution in [3.05, 3.63) is 137 Å². The fraction of sp³-hybridized carbons (Fsp3) is 0.279. The van der Waals surface area contributed by atoms with E-state index in [0.717, 1.165) is 91.9 Å². The first-order chi connectivity index (χ1) is 28.9. The number of piperazine rings is 2. The Morgan fingerprint density at radius 2 is 1.19 bits per heavy atom. The Morgan fingerprint density at radius 1 is 0.644 bits per heavy atom. The molecule has 2 aliphatic heterocycles. The molecule has 0 bridgehead atoms. The topological polar surface area (TPSA) is 138 Å². The lowest BCUT2D eigenvalue weighted by Crippen LogP contribution is -2.49. The number of thiophene rings is 1. The summed E-state index contributed by atoms with van der Waals surface area (Å²) in [5, 5.41) is 11.0. The summed E-state index contributed by atoms with van der Waals surface area (Å²) in [6, 6.07) is 27.4. The minimum absolute atomic E-state index is 0.0693. The van der Waals surface area contributed by atoms with Gasteiger partial charge >= 0.3 is 0 Å². The van der Waals surface area contributed by atoms with Gasteiger partial charge in [-0.2, -0.15) is 0 Å². The van der Waals surface area contributed by atoms with Crippen LogP contribution in [0.4, 0.5) is 11.6 Å². The van der Waals surface area contributed by atoms with Gasteiger partial charge in [0.25, 0.3) is 11.8 Å². The second kappa shape index (κ2) is 18.9. The molecule has 2 aliphatic rings. The predicted molar refractivity (Wildman–Crippen MR) is 232 cm³/mol. The highest BCUT2D eigenvalue weighted by Gasteiger charge is 2.27. The van der Waals surface area contributed by atoms with Gasteiger partial charge in [-0.3, -0.25) is 9.59 Å². The number of carbonyl (C=O) groups is 2. The van der Waals surface area contributed by atoms with Crippen LogP contribution in [0, 0.1) is 13.8 Å². The molecular formula is C43H43N9O4S3. The number of hydrogen-bond acceptors (Lipinski definition) is 14. The van der Waals surface area contributed by atoms with Crippen LogP contribution in [0.15, 0.2) is 122 Å². The number of anilines is 2. The molecule has 0 radical (unpaired) electrons. The van der Waals surface area contributed by atoms with Gasteiger partial charge in [0.1, 0.15) is 34.3 Å². The van der Waals surface area contributed by atoms with Crippen LogP contribution in [0.1, 0.15) is 43.6 Å². The van der Waals surface area contributed by atoms with Crippen LogP contribution in [-0.2, 0) is 11.5 Å². The summed E-state index contributed by atoms with van der Waals surface area (Å²) in [4.78, 5) is 50.9. The van der Waals surface area contributed by atoms with Crippen LogP contribution in [0.5, 0.6) is 0 Å². The molecule has 9 rings (SSSR count). The quantitative estimate of drug-likeness (QED) is 0.124. The van der Waals surface area contributed by atoms with E-state index >= 15 is 0 Å². The minimum Gasteiger partial charge on any atom is -0.360 e. The Hall–Kier alpha value is -5.71. The number of nitrogens with zero attached hydrogens (tertiary/aromatic N) is 9. The van der Waals surface area contributed by atoms with E-state index in [1.807, 2.05) is 108 Å². The monoisotopic (exact) mass is 845 g/mol. The van der Waals surface area contributed by atoms with Gasteiger partial charge in [-0.15, -0.1) is 34.9 Å². The second-order valence-corrected chi connectivity index (χ2v) is 17.0. The largest absolute Gasteiger partial charge is 0.360 e. The van der Waals surface area contributed by atoms with Crippen LogP contribution in [0.2, 0.25) is 0 Å². The summed E-state index contributed by atoms with van der Waals surface area (Å²) in [5.74, 6) is 4.99. The second-order valence-electron chi connectivity index (χ2n) is 14.0. The van der Waals surface area contributed by atoms with E-state index in [4.69, 9.17) is 9.05 Å². The van der Waals surface area contributed by atoms with E-state index in [2.05, 4.69) is 41.1 Å². The van der Waals surface area contributed by atoms with Gasteiger partial charge in [-0.25, -0.2) is 15.0 Å². The highest BCUT2D eigenvalue weighted by Crippen LogP contribution is 2.31. The summed E-state index contributed by atoms with van der Waals surface area (Å²) in [7, 11) is 0. The zero-order valence-electron chi connectivity index (χ0n) is 32.8. The van der Waals surface area contributed by atoms with Crippen molar-refractivity contribution in [2.24, 2.45) is 0 Å². The van der Waals surface area contributed by atoms with Crippen LogP contribution in [-0.4, -0.2) is 99.2 Å². The lowest BCUT2D eigenvalue weighted by atomic mass is 10.1. The maximum Gasteiger partial charge on any atom is 0.255 e. The molecule has 0 saturated carbocycles. The van der Waals surface area contributed by atoms with Crippen LogP contribution >= 0.6 is 34.9 Å². The third-order valence-electron chi connectivity index (χ3n) is 9.98. The number of aryl methyl sites for hydroxylation is 2. The van der Waals surface area contributed by atoms with Crippen molar-refractivity contribution in [3.63, 3.8) is 0 Å². The summed E-state index contributed by atoms with van der Waals surface area (Å²) >= 11 is 4.82. The van der Waals surface area contributed by atoms with Crippen LogP contribution in [0.3, 0.4) is 0 Å². The number of amides is 2. The van der Waals surface area contributed by atoms with Crippen molar-refractivity contribution in [2.45, 2.75) is 35.1 Å². The van der Waals surface area contributed by atoms with E-state index in [-0.39, 0.29) is 11.8 Å². The lowest BCUT2D eigenvalue weighted by molar-refractivity contribution is 0.0735. The van der Waals surface area contributed by atoms with Crippen molar-refractivity contribution in [1.29, 1.82) is 0 Å². The standard InChI is InChI=1S/C22H21N5O2S2.C21H22N4O2S/c1-15-12-16(29-25-15)13-31-19-5-3-2-4-17(19)22(28)27-9-7-26(8-10-27)20-18-6-11-30-21(18)24-14-23-20;1-16-14-17(27-23-16)15-28-19-7-3-2-6-18(19)21(26)25-12-10-24(11-13-25)20-8-4-5-9-22-20/h2-6,11-12,14H,7-10,13H2,1H3;2-9,14H,10-13,15H2,1H3. The zero-order valence-corrected chi connectivity index (χ0v) is 35.2. The predicted octanol–water partition coefficient (Wildman–Crippen LogP) is 7.88. The highest BCUT2D eigenvalue weighted by molar-refractivity contribution is 7.98. The third-order valence-corrected chi connectivity index (χ3v) is 13.0. The summed E-state index contributed by atoms with van der Waals surface area (Å²) in [5.41, 5.74) is 3.21. The van der Waals surface area contributed by atoms with E-state index < -0.39 is 0 Å². The van der Waals surface area contributed by atoms with E-state index in [1.54, 1.807) is 47.4 Å². The average molecular weight is 846 g/mol. The maximum absolute atomic E-state index is 13.3. The normalized spacial score (nSPS) is 14.3. The van der Waals surface area contributed by atoms with Gasteiger partial charge in [0.15, 0.2) is 0 Å². The molecule has 302 valence electrons. The molecule has 0 spiro atoms. The Kier molecular flexibility index (Phi) is 12.8. The highest BCUT2D eigenvalue weighted by atomic mass is 32.2. The van der Waals surface area contributed by atoms with E-state index in [9.17, 15) is 9.59 Å². The molecule has 7 aromatic rings. The smallest absolute Gasteiger partial charge is 0.255 e. The Balaban J connectivity index is 0.000000165. The summed E-state index contributed by atoms with van der Waals surface area (Å²) < 4.78 is 10.6. The first-order valence-electron chi connectivity index (χ1n) is 19.4. The summed E-state index contributed by atoms with van der Waals surface area (Å²) in [6.07, 6.45) is 3.42. The van der Waals surface area contributed by atoms with E-state index in [1.165, 1.54) is 0 Å². The molecule has 0 N–H and O–H groups in total. The molecule has 2 fully saturated rings. The molecule has 59 heavy (non-hydrogen) atoms. The van der Waals surface area contributed by atoms with Gasteiger partial charge in [0.2, 0.25) is 0 Å². The molecule has 7 heterocycles. The van der Waals surface area contributed by atoms with E-state index in [0.29, 0.717) is 37.7 Å². The lowest BCUT2D eigenvalue weighted by Gasteiger charge is -2.35. The molecule has 2 saturated heterocycles. The minimum atomic E-state index is 0.0693. The van der Waals surface area contributed by atoms with Crippen molar-refractivity contribution in [3.8, 4) is 0 Å². The van der Waals surface area contributed by atoms with Crippen LogP contribution < -0.4 is 9.80 Å². The van der Waals surface area contributed by atoms with Crippen molar-refractivity contribution >= 4 is 68.5 Å². The number of rotatable bonds is 10. The first kappa shape index (κ1) is 40.1. The Morgan fingerprint density at radius 3 is 1.71 bits per heavy atom.